The van der Waals surface area contributed by atoms with Crippen molar-refractivity contribution in [3.05, 3.63) is 0 Å². The largest absolute Gasteiger partial charge is 0.466 e. The molecular formula is C9H14F2O2. The van der Waals surface area contributed by atoms with E-state index in [9.17, 15) is 13.6 Å². The maximum atomic E-state index is 12.8. The normalized spacial score (nSPS) is 39.1. The lowest BCUT2D eigenvalue weighted by Crippen LogP contribution is -2.27. The Hall–Kier alpha value is -0.670. The summed E-state index contributed by atoms with van der Waals surface area (Å²) in [5.74, 6) is -0.488. The molecule has 0 aliphatic heterocycles. The van der Waals surface area contributed by atoms with E-state index in [0.717, 1.165) is 0 Å². The first-order valence-corrected chi connectivity index (χ1v) is 4.45. The summed E-state index contributed by atoms with van der Waals surface area (Å²) in [4.78, 5) is 11.3. The van der Waals surface area contributed by atoms with E-state index in [4.69, 9.17) is 4.74 Å². The first-order chi connectivity index (χ1) is 5.99. The Morgan fingerprint density at radius 1 is 1.46 bits per heavy atom. The summed E-state index contributed by atoms with van der Waals surface area (Å²) in [7, 11) is 0. The van der Waals surface area contributed by atoms with Crippen molar-refractivity contribution in [2.75, 3.05) is 6.61 Å². The van der Waals surface area contributed by atoms with Crippen LogP contribution in [0.1, 0.15) is 26.7 Å². The molecule has 0 aromatic heterocycles. The van der Waals surface area contributed by atoms with Crippen LogP contribution in [0.2, 0.25) is 0 Å². The maximum absolute atomic E-state index is 12.8. The Kier molecular flexibility index (Phi) is 2.88. The minimum absolute atomic E-state index is 0.0625. The first kappa shape index (κ1) is 10.4. The third-order valence-corrected chi connectivity index (χ3v) is 2.45. The molecule has 4 heteroatoms. The number of rotatable bonds is 2. The number of halogens is 2. The second-order valence-electron chi connectivity index (χ2n) is 3.72. The van der Waals surface area contributed by atoms with Crippen molar-refractivity contribution in [3.8, 4) is 0 Å². The molecule has 1 rings (SSSR count). The third-order valence-electron chi connectivity index (χ3n) is 2.45. The molecule has 0 bridgehead atoms. The number of hydrogen-bond acceptors (Lipinski definition) is 2. The predicted octanol–water partition coefficient (Wildman–Crippen LogP) is 2.03. The van der Waals surface area contributed by atoms with Gasteiger partial charge in [0.1, 0.15) is 12.3 Å². The summed E-state index contributed by atoms with van der Waals surface area (Å²) in [6.07, 6.45) is -3.16. The lowest BCUT2D eigenvalue weighted by molar-refractivity contribution is -0.154. The molecule has 0 heterocycles. The zero-order valence-electron chi connectivity index (χ0n) is 7.85. The van der Waals surface area contributed by atoms with Crippen LogP contribution in [-0.2, 0) is 9.53 Å². The van der Waals surface area contributed by atoms with Gasteiger partial charge in [-0.25, -0.2) is 8.78 Å². The molecular weight excluding hydrogens is 178 g/mol. The van der Waals surface area contributed by atoms with Gasteiger partial charge in [0.15, 0.2) is 0 Å². The van der Waals surface area contributed by atoms with Crippen molar-refractivity contribution in [3.63, 3.8) is 0 Å². The van der Waals surface area contributed by atoms with Crippen molar-refractivity contribution < 1.29 is 18.3 Å². The monoisotopic (exact) mass is 192 g/mol. The maximum Gasteiger partial charge on any atom is 0.311 e. The van der Waals surface area contributed by atoms with Crippen LogP contribution in [0.4, 0.5) is 8.78 Å². The van der Waals surface area contributed by atoms with Crippen LogP contribution in [0.15, 0.2) is 0 Å². The Bertz CT molecular complexity index is 196. The summed E-state index contributed by atoms with van der Waals surface area (Å²) in [6, 6.07) is 0. The van der Waals surface area contributed by atoms with Gasteiger partial charge in [-0.1, -0.05) is 0 Å². The predicted molar refractivity (Wildman–Crippen MR) is 43.8 cm³/mol. The standard InChI is InChI=1S/C9H14F2O2/c1-3-13-8(12)9(2)4-6(10)7(11)5-9/h6-7H,3-5H2,1-2H3/t6-,7+,9-. The van der Waals surface area contributed by atoms with E-state index in [0.29, 0.717) is 0 Å². The molecule has 0 saturated heterocycles. The molecule has 0 amide bonds. The first-order valence-electron chi connectivity index (χ1n) is 4.45. The van der Waals surface area contributed by atoms with Crippen LogP contribution >= 0.6 is 0 Å². The Labute approximate surface area is 76.3 Å². The Morgan fingerprint density at radius 3 is 2.31 bits per heavy atom. The minimum atomic E-state index is -1.52. The molecule has 0 aromatic carbocycles. The van der Waals surface area contributed by atoms with Crippen LogP contribution in [-0.4, -0.2) is 24.9 Å². The molecule has 3 atom stereocenters. The minimum Gasteiger partial charge on any atom is -0.466 e. The van der Waals surface area contributed by atoms with Crippen molar-refractivity contribution in [2.24, 2.45) is 5.41 Å². The van der Waals surface area contributed by atoms with Crippen molar-refractivity contribution in [1.29, 1.82) is 0 Å². The van der Waals surface area contributed by atoms with Crippen LogP contribution in [0.25, 0.3) is 0 Å². The quantitative estimate of drug-likeness (QED) is 0.626. The van der Waals surface area contributed by atoms with E-state index in [1.165, 1.54) is 0 Å². The van der Waals surface area contributed by atoms with Gasteiger partial charge in [-0.15, -0.1) is 0 Å². The molecule has 76 valence electrons. The van der Waals surface area contributed by atoms with Crippen LogP contribution < -0.4 is 0 Å². The number of alkyl halides is 2. The third kappa shape index (κ3) is 1.98. The molecule has 13 heavy (non-hydrogen) atoms. The smallest absolute Gasteiger partial charge is 0.311 e. The molecule has 2 nitrogen and oxygen atoms in total. The van der Waals surface area contributed by atoms with Gasteiger partial charge >= 0.3 is 5.97 Å². The summed E-state index contributed by atoms with van der Waals surface area (Å²) >= 11 is 0. The van der Waals surface area contributed by atoms with Crippen LogP contribution in [0, 0.1) is 5.41 Å². The number of esters is 1. The van der Waals surface area contributed by atoms with Gasteiger partial charge in [-0.05, 0) is 26.7 Å². The highest BCUT2D eigenvalue weighted by Crippen LogP contribution is 2.41. The van der Waals surface area contributed by atoms with E-state index in [1.807, 2.05) is 0 Å². The fourth-order valence-corrected chi connectivity index (χ4v) is 1.67. The highest BCUT2D eigenvalue weighted by molar-refractivity contribution is 5.77. The van der Waals surface area contributed by atoms with Crippen molar-refractivity contribution in [1.82, 2.24) is 0 Å². The van der Waals surface area contributed by atoms with Gasteiger partial charge < -0.3 is 4.74 Å². The van der Waals surface area contributed by atoms with Crippen LogP contribution in [0.3, 0.4) is 0 Å². The number of hydrogen-bond donors (Lipinski definition) is 0. The van der Waals surface area contributed by atoms with Crippen molar-refractivity contribution in [2.45, 2.75) is 39.0 Å². The van der Waals surface area contributed by atoms with Gasteiger partial charge in [0, 0.05) is 0 Å². The Morgan fingerprint density at radius 2 is 1.92 bits per heavy atom. The molecule has 0 spiro atoms. The second-order valence-corrected chi connectivity index (χ2v) is 3.72. The molecule has 0 unspecified atom stereocenters. The molecule has 1 aliphatic carbocycles. The zero-order valence-corrected chi connectivity index (χ0v) is 7.85. The van der Waals surface area contributed by atoms with Gasteiger partial charge in [0.25, 0.3) is 0 Å². The lowest BCUT2D eigenvalue weighted by Gasteiger charge is -2.19. The van der Waals surface area contributed by atoms with Gasteiger partial charge in [0.05, 0.1) is 12.0 Å². The number of carbonyl (C=O) groups is 1. The average Bonchev–Trinajstić information content (AvgIpc) is 2.28. The zero-order chi connectivity index (χ0) is 10.1. The van der Waals surface area contributed by atoms with Gasteiger partial charge in [0.2, 0.25) is 0 Å². The van der Waals surface area contributed by atoms with Gasteiger partial charge in [-0.3, -0.25) is 4.79 Å². The average molecular weight is 192 g/mol. The SMILES string of the molecule is CCOC(=O)[C@]1(C)C[C@@H](F)[C@@H](F)C1. The van der Waals surface area contributed by atoms with E-state index in [-0.39, 0.29) is 19.4 Å². The highest BCUT2D eigenvalue weighted by atomic mass is 19.2. The molecule has 1 saturated carbocycles. The summed E-state index contributed by atoms with van der Waals surface area (Å²) in [6.45, 7) is 3.48. The summed E-state index contributed by atoms with van der Waals surface area (Å²) in [5.41, 5.74) is -0.963. The van der Waals surface area contributed by atoms with Crippen LogP contribution in [0.5, 0.6) is 0 Å². The number of ether oxygens (including phenoxy) is 1. The summed E-state index contributed by atoms with van der Waals surface area (Å²) < 4.78 is 30.4. The molecule has 1 aliphatic rings. The number of carbonyl (C=O) groups excluding carboxylic acids is 1. The highest BCUT2D eigenvalue weighted by Gasteiger charge is 2.48. The molecule has 1 fully saturated rings. The van der Waals surface area contributed by atoms with E-state index in [1.54, 1.807) is 13.8 Å². The topological polar surface area (TPSA) is 26.3 Å². The Balaban J connectivity index is 2.63. The second kappa shape index (κ2) is 3.60. The molecule has 0 N–H and O–H groups in total. The molecule has 0 aromatic rings. The van der Waals surface area contributed by atoms with Gasteiger partial charge in [-0.2, -0.15) is 0 Å². The molecule has 0 radical (unpaired) electrons. The lowest BCUT2D eigenvalue weighted by atomic mass is 9.89. The van der Waals surface area contributed by atoms with E-state index >= 15 is 0 Å². The summed E-state index contributed by atoms with van der Waals surface area (Å²) in [5, 5.41) is 0. The fourth-order valence-electron chi connectivity index (χ4n) is 1.67. The van der Waals surface area contributed by atoms with E-state index < -0.39 is 23.7 Å². The fraction of sp³-hybridized carbons (Fsp3) is 0.889. The van der Waals surface area contributed by atoms with E-state index in [2.05, 4.69) is 0 Å². The van der Waals surface area contributed by atoms with Crippen molar-refractivity contribution >= 4 is 5.97 Å².